The maximum absolute atomic E-state index is 11.3. The molecule has 0 atom stereocenters. The van der Waals surface area contributed by atoms with E-state index in [0.717, 1.165) is 0 Å². The highest BCUT2D eigenvalue weighted by atomic mass is 32.2. The third-order valence-electron chi connectivity index (χ3n) is 2.75. The molecule has 0 aliphatic carbocycles. The topological polar surface area (TPSA) is 89.5 Å². The summed E-state index contributed by atoms with van der Waals surface area (Å²) in [5, 5.41) is 11.0. The van der Waals surface area contributed by atoms with Crippen molar-refractivity contribution in [2.24, 2.45) is 0 Å². The Balaban J connectivity index is 2.35. The molecule has 1 heterocycles. The second-order valence-electron chi connectivity index (χ2n) is 3.81. The van der Waals surface area contributed by atoms with Gasteiger partial charge in [-0.15, -0.1) is 0 Å². The average Bonchev–Trinajstić information content (AvgIpc) is 2.29. The van der Waals surface area contributed by atoms with Crippen LogP contribution in [0.25, 0.3) is 0 Å². The van der Waals surface area contributed by atoms with Gasteiger partial charge in [-0.1, -0.05) is 6.07 Å². The first-order valence-corrected chi connectivity index (χ1v) is 6.71. The zero-order valence-corrected chi connectivity index (χ0v) is 9.98. The summed E-state index contributed by atoms with van der Waals surface area (Å²) >= 11 is 0. The van der Waals surface area contributed by atoms with Crippen molar-refractivity contribution in [2.75, 3.05) is 35.2 Å². The summed E-state index contributed by atoms with van der Waals surface area (Å²) in [7, 11) is -0.800. The molecule has 0 amide bonds. The second-order valence-corrected chi connectivity index (χ2v) is 5.50. The Kier molecular flexibility index (Phi) is 3.28. The predicted octanol–water partition coefficient (Wildman–Crippen LogP) is 0.746. The highest BCUT2D eigenvalue weighted by molar-refractivity contribution is 7.85. The van der Waals surface area contributed by atoms with Crippen LogP contribution in [0.15, 0.2) is 18.2 Å². The molecule has 1 aromatic carbocycles. The zero-order chi connectivity index (χ0) is 12.4. The van der Waals surface area contributed by atoms with Gasteiger partial charge in [0.05, 0.1) is 4.92 Å². The molecule has 1 saturated heterocycles. The normalized spacial score (nSPS) is 17.1. The summed E-state index contributed by atoms with van der Waals surface area (Å²) in [4.78, 5) is 12.4. The van der Waals surface area contributed by atoms with Gasteiger partial charge in [0, 0.05) is 35.4 Å². The van der Waals surface area contributed by atoms with Crippen molar-refractivity contribution < 1.29 is 9.13 Å². The van der Waals surface area contributed by atoms with E-state index in [0.29, 0.717) is 30.3 Å². The van der Waals surface area contributed by atoms with Crippen LogP contribution in [0.1, 0.15) is 0 Å². The van der Waals surface area contributed by atoms with Crippen molar-refractivity contribution in [1.82, 2.24) is 0 Å². The van der Waals surface area contributed by atoms with Crippen LogP contribution in [0.4, 0.5) is 17.1 Å². The van der Waals surface area contributed by atoms with Crippen LogP contribution in [-0.2, 0) is 10.8 Å². The molecule has 6 nitrogen and oxygen atoms in total. The fraction of sp³-hybridized carbons (Fsp3) is 0.400. The molecular weight excluding hydrogens is 242 g/mol. The SMILES string of the molecule is Nc1cccc(N2CCS(=O)CC2)c1[N+](=O)[O-]. The van der Waals surface area contributed by atoms with Crippen molar-refractivity contribution in [3.63, 3.8) is 0 Å². The number of hydrogen-bond donors (Lipinski definition) is 1. The number of benzene rings is 1. The summed E-state index contributed by atoms with van der Waals surface area (Å²) in [5.74, 6) is 1.10. The van der Waals surface area contributed by atoms with E-state index in [1.54, 1.807) is 12.1 Å². The lowest BCUT2D eigenvalue weighted by molar-refractivity contribution is -0.383. The number of nitrogen functional groups attached to an aromatic ring is 1. The summed E-state index contributed by atoms with van der Waals surface area (Å²) in [5.41, 5.74) is 6.26. The van der Waals surface area contributed by atoms with E-state index in [1.807, 2.05) is 4.90 Å². The van der Waals surface area contributed by atoms with Crippen LogP contribution < -0.4 is 10.6 Å². The van der Waals surface area contributed by atoms with Crippen molar-refractivity contribution in [2.45, 2.75) is 0 Å². The van der Waals surface area contributed by atoms with Gasteiger partial charge in [0.15, 0.2) is 0 Å². The molecule has 0 spiro atoms. The van der Waals surface area contributed by atoms with Crippen molar-refractivity contribution in [1.29, 1.82) is 0 Å². The van der Waals surface area contributed by atoms with E-state index in [2.05, 4.69) is 0 Å². The van der Waals surface area contributed by atoms with Gasteiger partial charge in [-0.25, -0.2) is 0 Å². The lowest BCUT2D eigenvalue weighted by Crippen LogP contribution is -2.38. The highest BCUT2D eigenvalue weighted by Crippen LogP contribution is 2.33. The Bertz CT molecular complexity index is 468. The van der Waals surface area contributed by atoms with Crippen molar-refractivity contribution in [3.05, 3.63) is 28.3 Å². The summed E-state index contributed by atoms with van der Waals surface area (Å²) < 4.78 is 11.3. The number of nitrogens with zero attached hydrogens (tertiary/aromatic N) is 2. The lowest BCUT2D eigenvalue weighted by atomic mass is 10.2. The molecule has 0 aromatic heterocycles. The Hall–Kier alpha value is -1.63. The molecule has 2 rings (SSSR count). The van der Waals surface area contributed by atoms with E-state index >= 15 is 0 Å². The molecule has 17 heavy (non-hydrogen) atoms. The van der Waals surface area contributed by atoms with Gasteiger partial charge in [0.25, 0.3) is 0 Å². The quantitative estimate of drug-likeness (QED) is 0.478. The fourth-order valence-corrected chi connectivity index (χ4v) is 2.93. The summed E-state index contributed by atoms with van der Waals surface area (Å²) in [6.45, 7) is 1.13. The van der Waals surface area contributed by atoms with E-state index in [1.165, 1.54) is 6.07 Å². The van der Waals surface area contributed by atoms with Gasteiger partial charge in [-0.2, -0.15) is 0 Å². The third-order valence-corrected chi connectivity index (χ3v) is 4.02. The lowest BCUT2D eigenvalue weighted by Gasteiger charge is -2.28. The third kappa shape index (κ3) is 2.38. The van der Waals surface area contributed by atoms with Crippen LogP contribution in [-0.4, -0.2) is 33.7 Å². The number of hydrogen-bond acceptors (Lipinski definition) is 5. The molecule has 0 unspecified atom stereocenters. The first-order valence-electron chi connectivity index (χ1n) is 5.22. The minimum Gasteiger partial charge on any atom is -0.393 e. The number of anilines is 2. The molecule has 1 aliphatic heterocycles. The van der Waals surface area contributed by atoms with Crippen LogP contribution >= 0.6 is 0 Å². The predicted molar refractivity (Wildman–Crippen MR) is 67.6 cm³/mol. The number of rotatable bonds is 2. The van der Waals surface area contributed by atoms with Crippen LogP contribution in [0.2, 0.25) is 0 Å². The minimum absolute atomic E-state index is 0.0554. The molecule has 0 bridgehead atoms. The fourth-order valence-electron chi connectivity index (χ4n) is 1.88. The molecule has 0 saturated carbocycles. The van der Waals surface area contributed by atoms with Gasteiger partial charge >= 0.3 is 5.69 Å². The van der Waals surface area contributed by atoms with Gasteiger partial charge in [-0.05, 0) is 12.1 Å². The minimum atomic E-state index is -0.800. The monoisotopic (exact) mass is 255 g/mol. The largest absolute Gasteiger partial charge is 0.393 e. The van der Waals surface area contributed by atoms with E-state index < -0.39 is 15.7 Å². The molecular formula is C10H13N3O3S. The molecule has 2 N–H and O–H groups in total. The Morgan fingerprint density at radius 2 is 2.00 bits per heavy atom. The van der Waals surface area contributed by atoms with Gasteiger partial charge in [-0.3, -0.25) is 14.3 Å². The first kappa shape index (κ1) is 11.8. The Labute approximate surface area is 101 Å². The Morgan fingerprint density at radius 1 is 1.35 bits per heavy atom. The maximum atomic E-state index is 11.3. The molecule has 1 aromatic rings. The van der Waals surface area contributed by atoms with Crippen LogP contribution in [0.3, 0.4) is 0 Å². The average molecular weight is 255 g/mol. The molecule has 7 heteroatoms. The van der Waals surface area contributed by atoms with Crippen molar-refractivity contribution >= 4 is 27.9 Å². The second kappa shape index (κ2) is 4.70. The maximum Gasteiger partial charge on any atom is 0.315 e. The zero-order valence-electron chi connectivity index (χ0n) is 9.17. The molecule has 0 radical (unpaired) electrons. The van der Waals surface area contributed by atoms with Gasteiger partial charge in [0.1, 0.15) is 11.4 Å². The molecule has 1 aliphatic rings. The van der Waals surface area contributed by atoms with Crippen LogP contribution in [0, 0.1) is 10.1 Å². The van der Waals surface area contributed by atoms with E-state index in [4.69, 9.17) is 5.73 Å². The molecule has 1 fully saturated rings. The van der Waals surface area contributed by atoms with Crippen molar-refractivity contribution in [3.8, 4) is 0 Å². The van der Waals surface area contributed by atoms with Gasteiger partial charge < -0.3 is 10.6 Å². The number of nitrogens with two attached hydrogens (primary N) is 1. The highest BCUT2D eigenvalue weighted by Gasteiger charge is 2.24. The first-order chi connectivity index (χ1) is 8.09. The number of para-hydroxylation sites is 1. The van der Waals surface area contributed by atoms with E-state index in [9.17, 15) is 14.3 Å². The van der Waals surface area contributed by atoms with E-state index in [-0.39, 0.29) is 11.4 Å². The standard InChI is InChI=1S/C10H13N3O3S/c11-8-2-1-3-9(10(8)13(14)15)12-4-6-17(16)7-5-12/h1-3H,4-7,11H2. The van der Waals surface area contributed by atoms with Crippen LogP contribution in [0.5, 0.6) is 0 Å². The smallest absolute Gasteiger partial charge is 0.315 e. The number of nitro benzene ring substituents is 1. The number of nitro groups is 1. The summed E-state index contributed by atoms with van der Waals surface area (Å²) in [6, 6.07) is 4.90. The Morgan fingerprint density at radius 3 is 2.59 bits per heavy atom. The molecule has 92 valence electrons. The summed E-state index contributed by atoms with van der Waals surface area (Å²) in [6.07, 6.45) is 0. The van der Waals surface area contributed by atoms with Gasteiger partial charge in [0.2, 0.25) is 0 Å².